The van der Waals surface area contributed by atoms with Crippen LogP contribution in [-0.2, 0) is 16.2 Å². The zero-order chi connectivity index (χ0) is 17.4. The third kappa shape index (κ3) is 4.23. The van der Waals surface area contributed by atoms with Gasteiger partial charge in [-0.2, -0.15) is 13.2 Å². The fourth-order valence-electron chi connectivity index (χ4n) is 1.66. The summed E-state index contributed by atoms with van der Waals surface area (Å²) >= 11 is 17.3. The third-order valence-electron chi connectivity index (χ3n) is 2.72. The monoisotopic (exact) mass is 403 g/mol. The summed E-state index contributed by atoms with van der Waals surface area (Å²) in [6, 6.07) is 6.05. The van der Waals surface area contributed by atoms with Crippen LogP contribution in [-0.4, -0.2) is 8.42 Å². The molecule has 2 aromatic rings. The molecule has 0 aliphatic heterocycles. The first-order chi connectivity index (χ1) is 10.5. The maximum absolute atomic E-state index is 12.6. The Morgan fingerprint density at radius 2 is 1.57 bits per heavy atom. The molecule has 2 rings (SSSR count). The van der Waals surface area contributed by atoms with Gasteiger partial charge in [-0.3, -0.25) is 4.72 Å². The molecule has 2 aromatic carbocycles. The smallest absolute Gasteiger partial charge is 0.278 e. The van der Waals surface area contributed by atoms with Crippen LogP contribution in [0.25, 0.3) is 0 Å². The Hall–Kier alpha value is -1.15. The average Bonchev–Trinajstić information content (AvgIpc) is 2.42. The molecule has 0 atom stereocenters. The Balaban J connectivity index is 2.40. The van der Waals surface area contributed by atoms with Gasteiger partial charge in [-0.1, -0.05) is 34.8 Å². The van der Waals surface area contributed by atoms with Crippen molar-refractivity contribution < 1.29 is 21.6 Å². The Labute approximate surface area is 145 Å². The highest BCUT2D eigenvalue weighted by molar-refractivity contribution is 7.92. The average molecular weight is 405 g/mol. The van der Waals surface area contributed by atoms with E-state index in [1.807, 2.05) is 0 Å². The molecule has 0 aliphatic rings. The van der Waals surface area contributed by atoms with Gasteiger partial charge in [0.15, 0.2) is 0 Å². The van der Waals surface area contributed by atoms with Gasteiger partial charge in [0.2, 0.25) is 0 Å². The van der Waals surface area contributed by atoms with Crippen molar-refractivity contribution in [2.45, 2.75) is 11.1 Å². The number of benzene rings is 2. The molecule has 124 valence electrons. The van der Waals surface area contributed by atoms with Gasteiger partial charge in [-0.15, -0.1) is 0 Å². The van der Waals surface area contributed by atoms with Crippen molar-refractivity contribution in [2.24, 2.45) is 0 Å². The van der Waals surface area contributed by atoms with Crippen molar-refractivity contribution in [3.05, 3.63) is 57.0 Å². The van der Waals surface area contributed by atoms with Gasteiger partial charge in [-0.25, -0.2) is 8.42 Å². The zero-order valence-corrected chi connectivity index (χ0v) is 14.0. The first-order valence-corrected chi connectivity index (χ1v) is 8.47. The van der Waals surface area contributed by atoms with Gasteiger partial charge in [0.25, 0.3) is 10.0 Å². The molecule has 0 aromatic heterocycles. The minimum absolute atomic E-state index is 0.0927. The summed E-state index contributed by atoms with van der Waals surface area (Å²) in [6.45, 7) is 0. The molecule has 0 bridgehead atoms. The fraction of sp³-hybridized carbons (Fsp3) is 0.0769. The number of nitrogens with one attached hydrogen (secondary N) is 1. The van der Waals surface area contributed by atoms with Crippen molar-refractivity contribution in [1.29, 1.82) is 0 Å². The first-order valence-electron chi connectivity index (χ1n) is 5.85. The molecular formula is C13H7Cl3F3NO2S. The van der Waals surface area contributed by atoms with Crippen LogP contribution in [0.4, 0.5) is 18.9 Å². The summed E-state index contributed by atoms with van der Waals surface area (Å²) in [6.07, 6.45) is -4.59. The van der Waals surface area contributed by atoms with Crippen LogP contribution in [0, 0.1) is 0 Å². The van der Waals surface area contributed by atoms with Crippen molar-refractivity contribution in [1.82, 2.24) is 0 Å². The summed E-state index contributed by atoms with van der Waals surface area (Å²) < 4.78 is 64.3. The van der Waals surface area contributed by atoms with Gasteiger partial charge in [0, 0.05) is 5.02 Å². The number of anilines is 1. The maximum Gasteiger partial charge on any atom is 0.416 e. The lowest BCUT2D eigenvalue weighted by atomic mass is 10.2. The SMILES string of the molecule is O=S(=O)(Nc1ccc(C(F)(F)F)cc1Cl)c1cc(Cl)ccc1Cl. The Morgan fingerprint density at radius 3 is 2.13 bits per heavy atom. The standard InChI is InChI=1S/C13H7Cl3F3NO2S/c14-8-2-3-9(15)12(6-8)23(21,22)20-11-4-1-7(5-10(11)16)13(17,18)19/h1-6,20H. The second-order valence-corrected chi connectivity index (χ2v) is 7.27. The molecule has 0 unspecified atom stereocenters. The van der Waals surface area contributed by atoms with Crippen LogP contribution in [0.5, 0.6) is 0 Å². The van der Waals surface area contributed by atoms with E-state index < -0.39 is 26.8 Å². The third-order valence-corrected chi connectivity index (χ3v) is 5.12. The summed E-state index contributed by atoms with van der Waals surface area (Å²) in [5.41, 5.74) is -1.21. The highest BCUT2D eigenvalue weighted by Gasteiger charge is 2.31. The van der Waals surface area contributed by atoms with Crippen LogP contribution in [0.1, 0.15) is 5.56 Å². The highest BCUT2D eigenvalue weighted by atomic mass is 35.5. The highest BCUT2D eigenvalue weighted by Crippen LogP contribution is 2.35. The van der Waals surface area contributed by atoms with E-state index in [1.165, 1.54) is 12.1 Å². The molecule has 0 amide bonds. The minimum Gasteiger partial charge on any atom is -0.278 e. The Kier molecular flexibility index (Phi) is 5.06. The molecule has 0 aliphatic carbocycles. The van der Waals surface area contributed by atoms with Crippen LogP contribution < -0.4 is 4.72 Å². The summed E-state index contributed by atoms with van der Waals surface area (Å²) in [5, 5.41) is -0.361. The molecule has 23 heavy (non-hydrogen) atoms. The second kappa shape index (κ2) is 6.39. The van der Waals surface area contributed by atoms with Crippen LogP contribution in [0.2, 0.25) is 15.1 Å². The molecule has 0 heterocycles. The Morgan fingerprint density at radius 1 is 0.913 bits per heavy atom. The molecule has 0 saturated heterocycles. The van der Waals surface area contributed by atoms with E-state index >= 15 is 0 Å². The number of halogens is 6. The lowest BCUT2D eigenvalue weighted by molar-refractivity contribution is -0.137. The van der Waals surface area contributed by atoms with E-state index in [-0.39, 0.29) is 20.6 Å². The molecule has 1 N–H and O–H groups in total. The molecule has 10 heteroatoms. The largest absolute Gasteiger partial charge is 0.416 e. The van der Waals surface area contributed by atoms with Gasteiger partial charge in [0.1, 0.15) is 4.90 Å². The number of hydrogen-bond acceptors (Lipinski definition) is 2. The molecule has 3 nitrogen and oxygen atoms in total. The summed E-state index contributed by atoms with van der Waals surface area (Å²) in [5.74, 6) is 0. The lowest BCUT2D eigenvalue weighted by Gasteiger charge is -2.13. The van der Waals surface area contributed by atoms with Crippen LogP contribution in [0.15, 0.2) is 41.3 Å². The molecule has 0 fully saturated rings. The number of hydrogen-bond donors (Lipinski definition) is 1. The lowest BCUT2D eigenvalue weighted by Crippen LogP contribution is -2.14. The van der Waals surface area contributed by atoms with Gasteiger partial charge >= 0.3 is 6.18 Å². The zero-order valence-electron chi connectivity index (χ0n) is 11.0. The number of alkyl halides is 3. The first kappa shape index (κ1) is 18.2. The van der Waals surface area contributed by atoms with Crippen molar-refractivity contribution in [3.63, 3.8) is 0 Å². The molecule has 0 radical (unpaired) electrons. The van der Waals surface area contributed by atoms with Gasteiger partial charge in [-0.05, 0) is 36.4 Å². The van der Waals surface area contributed by atoms with E-state index in [0.29, 0.717) is 12.1 Å². The maximum atomic E-state index is 12.6. The number of sulfonamides is 1. The predicted octanol–water partition coefficient (Wildman–Crippen LogP) is 5.47. The fourth-order valence-corrected chi connectivity index (χ4v) is 3.78. The predicted molar refractivity (Wildman–Crippen MR) is 83.7 cm³/mol. The van der Waals surface area contributed by atoms with Crippen LogP contribution in [0.3, 0.4) is 0 Å². The summed E-state index contributed by atoms with van der Waals surface area (Å²) in [4.78, 5) is -0.317. The van der Waals surface area contributed by atoms with Gasteiger partial charge < -0.3 is 0 Å². The minimum atomic E-state index is -4.59. The van der Waals surface area contributed by atoms with Crippen molar-refractivity contribution >= 4 is 50.5 Å². The van der Waals surface area contributed by atoms with Crippen molar-refractivity contribution in [3.8, 4) is 0 Å². The molecule has 0 saturated carbocycles. The van der Waals surface area contributed by atoms with E-state index in [9.17, 15) is 21.6 Å². The Bertz CT molecular complexity index is 854. The van der Waals surface area contributed by atoms with Crippen LogP contribution >= 0.6 is 34.8 Å². The molecule has 0 spiro atoms. The normalized spacial score (nSPS) is 12.3. The van der Waals surface area contributed by atoms with Crippen molar-refractivity contribution in [2.75, 3.05) is 4.72 Å². The van der Waals surface area contributed by atoms with E-state index in [4.69, 9.17) is 34.8 Å². The number of rotatable bonds is 3. The van der Waals surface area contributed by atoms with E-state index in [0.717, 1.165) is 12.1 Å². The molecular weight excluding hydrogens is 398 g/mol. The van der Waals surface area contributed by atoms with Gasteiger partial charge in [0.05, 0.1) is 21.3 Å². The van der Waals surface area contributed by atoms with E-state index in [1.54, 1.807) is 0 Å². The summed E-state index contributed by atoms with van der Waals surface area (Å²) in [7, 11) is -4.17. The topological polar surface area (TPSA) is 46.2 Å². The van der Waals surface area contributed by atoms with E-state index in [2.05, 4.69) is 4.72 Å². The quantitative estimate of drug-likeness (QED) is 0.738. The second-order valence-electron chi connectivity index (χ2n) is 4.37.